The van der Waals surface area contributed by atoms with E-state index in [0.717, 1.165) is 11.4 Å². The Bertz CT molecular complexity index is 963. The van der Waals surface area contributed by atoms with Crippen molar-refractivity contribution in [3.63, 3.8) is 0 Å². The molecule has 8 nitrogen and oxygen atoms in total. The van der Waals surface area contributed by atoms with Crippen LogP contribution in [0.5, 0.6) is 0 Å². The van der Waals surface area contributed by atoms with E-state index >= 15 is 0 Å². The van der Waals surface area contributed by atoms with Gasteiger partial charge in [0.25, 0.3) is 5.78 Å². The van der Waals surface area contributed by atoms with Crippen LogP contribution in [0.25, 0.3) is 5.78 Å². The van der Waals surface area contributed by atoms with Crippen molar-refractivity contribution in [2.75, 3.05) is 5.32 Å². The predicted molar refractivity (Wildman–Crippen MR) is 92.6 cm³/mol. The van der Waals surface area contributed by atoms with Gasteiger partial charge in [-0.05, 0) is 39.0 Å². The molecule has 1 aromatic carbocycles. The average Bonchev–Trinajstić information content (AvgIpc) is 2.96. The number of benzene rings is 1. The molecule has 0 aliphatic carbocycles. The number of hydrogen-bond acceptors (Lipinski definition) is 5. The van der Waals surface area contributed by atoms with Gasteiger partial charge >= 0.3 is 6.03 Å². The van der Waals surface area contributed by atoms with Crippen molar-refractivity contribution in [1.82, 2.24) is 24.9 Å². The Morgan fingerprint density at radius 2 is 1.96 bits per heavy atom. The fraction of sp³-hybridized carbons (Fsp3) is 0.235. The van der Waals surface area contributed by atoms with Crippen LogP contribution in [0.15, 0.2) is 30.3 Å². The molecule has 2 heterocycles. The third-order valence-corrected chi connectivity index (χ3v) is 3.60. The maximum absolute atomic E-state index is 12.0. The van der Waals surface area contributed by atoms with Crippen LogP contribution in [-0.4, -0.2) is 31.4 Å². The molecule has 8 heteroatoms. The van der Waals surface area contributed by atoms with E-state index in [1.165, 1.54) is 6.92 Å². The van der Waals surface area contributed by atoms with Gasteiger partial charge in [-0.1, -0.05) is 12.1 Å². The molecule has 0 radical (unpaired) electrons. The van der Waals surface area contributed by atoms with Crippen LogP contribution in [0.2, 0.25) is 0 Å². The van der Waals surface area contributed by atoms with Gasteiger partial charge in [0.1, 0.15) is 0 Å². The number of nitrogens with one attached hydrogen (secondary N) is 2. The van der Waals surface area contributed by atoms with Crippen molar-refractivity contribution in [3.8, 4) is 0 Å². The third-order valence-electron chi connectivity index (χ3n) is 3.60. The van der Waals surface area contributed by atoms with Gasteiger partial charge < -0.3 is 10.6 Å². The highest BCUT2D eigenvalue weighted by atomic mass is 16.2. The molecule has 2 aromatic heterocycles. The number of aryl methyl sites for hydroxylation is 2. The molecule has 3 aromatic rings. The molecule has 0 fully saturated rings. The Labute approximate surface area is 144 Å². The number of hydrogen-bond donors (Lipinski definition) is 2. The van der Waals surface area contributed by atoms with E-state index in [9.17, 15) is 9.59 Å². The highest BCUT2D eigenvalue weighted by Crippen LogP contribution is 2.11. The van der Waals surface area contributed by atoms with Crippen LogP contribution in [0, 0.1) is 13.8 Å². The Morgan fingerprint density at radius 1 is 1.16 bits per heavy atom. The highest BCUT2D eigenvalue weighted by molar-refractivity contribution is 5.96. The third kappa shape index (κ3) is 3.79. The Kier molecular flexibility index (Phi) is 4.42. The smallest absolute Gasteiger partial charge is 0.319 e. The molecule has 0 aliphatic heterocycles. The van der Waals surface area contributed by atoms with Crippen LogP contribution in [0.1, 0.15) is 34.5 Å². The average molecular weight is 338 g/mol. The zero-order valence-electron chi connectivity index (χ0n) is 14.2. The lowest BCUT2D eigenvalue weighted by molar-refractivity contribution is 0.101. The molecule has 0 saturated heterocycles. The Balaban J connectivity index is 1.65. The lowest BCUT2D eigenvalue weighted by atomic mass is 10.1. The summed E-state index contributed by atoms with van der Waals surface area (Å²) in [5, 5.41) is 9.70. The van der Waals surface area contributed by atoms with Gasteiger partial charge in [0, 0.05) is 22.6 Å². The van der Waals surface area contributed by atoms with Gasteiger partial charge in [0.15, 0.2) is 11.6 Å². The lowest BCUT2D eigenvalue weighted by Gasteiger charge is -2.07. The van der Waals surface area contributed by atoms with Crippen LogP contribution in [0.3, 0.4) is 0 Å². The maximum Gasteiger partial charge on any atom is 0.319 e. The molecule has 3 rings (SSSR count). The molecule has 0 bridgehead atoms. The molecular formula is C17H18N6O2. The number of Topliss-reactive ketones (excluding diaryl/α,β-unsaturated/α-hetero) is 1. The standard InChI is InChI=1S/C17H18N6O2/c1-10-7-11(2)23-16(19-10)21-15(22-23)9-18-17(25)20-14-6-4-5-13(8-14)12(3)24/h4-8H,9H2,1-3H3,(H2,18,20,25). The number of carbonyl (C=O) groups is 2. The molecular weight excluding hydrogens is 320 g/mol. The highest BCUT2D eigenvalue weighted by Gasteiger charge is 2.09. The number of rotatable bonds is 4. The number of aromatic nitrogens is 4. The van der Waals surface area contributed by atoms with E-state index in [0.29, 0.717) is 22.9 Å². The molecule has 2 amide bonds. The summed E-state index contributed by atoms with van der Waals surface area (Å²) >= 11 is 0. The summed E-state index contributed by atoms with van der Waals surface area (Å²) in [6.45, 7) is 5.45. The summed E-state index contributed by atoms with van der Waals surface area (Å²) in [5.74, 6) is 0.911. The van der Waals surface area contributed by atoms with E-state index in [1.807, 2.05) is 19.9 Å². The van der Waals surface area contributed by atoms with Gasteiger partial charge in [-0.15, -0.1) is 5.10 Å². The molecule has 25 heavy (non-hydrogen) atoms. The fourth-order valence-corrected chi connectivity index (χ4v) is 2.43. The van der Waals surface area contributed by atoms with Crippen LogP contribution >= 0.6 is 0 Å². The summed E-state index contributed by atoms with van der Waals surface area (Å²) in [7, 11) is 0. The summed E-state index contributed by atoms with van der Waals surface area (Å²) in [4.78, 5) is 32.0. The monoisotopic (exact) mass is 338 g/mol. The second-order valence-corrected chi connectivity index (χ2v) is 5.72. The molecule has 0 saturated carbocycles. The van der Waals surface area contributed by atoms with Crippen molar-refractivity contribution in [1.29, 1.82) is 0 Å². The topological polar surface area (TPSA) is 101 Å². The van der Waals surface area contributed by atoms with Crippen molar-refractivity contribution in [2.45, 2.75) is 27.3 Å². The minimum absolute atomic E-state index is 0.0591. The zero-order chi connectivity index (χ0) is 18.0. The van der Waals surface area contributed by atoms with Crippen molar-refractivity contribution >= 4 is 23.3 Å². The summed E-state index contributed by atoms with van der Waals surface area (Å²) in [5.41, 5.74) is 2.87. The summed E-state index contributed by atoms with van der Waals surface area (Å²) in [6, 6.07) is 8.26. The molecule has 0 spiro atoms. The molecule has 0 atom stereocenters. The van der Waals surface area contributed by atoms with Gasteiger partial charge in [0.05, 0.1) is 6.54 Å². The molecule has 2 N–H and O–H groups in total. The first kappa shape index (κ1) is 16.6. The first-order valence-corrected chi connectivity index (χ1v) is 7.78. The fourth-order valence-electron chi connectivity index (χ4n) is 2.43. The van der Waals surface area contributed by atoms with E-state index < -0.39 is 6.03 Å². The number of ketones is 1. The van der Waals surface area contributed by atoms with E-state index in [4.69, 9.17) is 0 Å². The Morgan fingerprint density at radius 3 is 2.72 bits per heavy atom. The number of nitrogens with zero attached hydrogens (tertiary/aromatic N) is 4. The molecule has 0 aliphatic rings. The molecule has 0 unspecified atom stereocenters. The lowest BCUT2D eigenvalue weighted by Crippen LogP contribution is -2.28. The van der Waals surface area contributed by atoms with E-state index in [1.54, 1.807) is 28.8 Å². The quantitative estimate of drug-likeness (QED) is 0.711. The zero-order valence-corrected chi connectivity index (χ0v) is 14.2. The second-order valence-electron chi connectivity index (χ2n) is 5.72. The van der Waals surface area contributed by atoms with Crippen molar-refractivity contribution < 1.29 is 9.59 Å². The normalized spacial score (nSPS) is 10.7. The number of fused-ring (bicyclic) bond motifs is 1. The summed E-state index contributed by atoms with van der Waals surface area (Å²) in [6.07, 6.45) is 0. The second kappa shape index (κ2) is 6.68. The van der Waals surface area contributed by atoms with Crippen LogP contribution in [0.4, 0.5) is 10.5 Å². The largest absolute Gasteiger partial charge is 0.330 e. The van der Waals surface area contributed by atoms with Crippen molar-refractivity contribution in [3.05, 3.63) is 53.1 Å². The van der Waals surface area contributed by atoms with Crippen LogP contribution < -0.4 is 10.6 Å². The van der Waals surface area contributed by atoms with E-state index in [2.05, 4.69) is 25.7 Å². The number of anilines is 1. The predicted octanol–water partition coefficient (Wildman–Crippen LogP) is 2.27. The summed E-state index contributed by atoms with van der Waals surface area (Å²) < 4.78 is 1.64. The minimum Gasteiger partial charge on any atom is -0.330 e. The first-order chi connectivity index (χ1) is 11.9. The van der Waals surface area contributed by atoms with Gasteiger partial charge in [-0.25, -0.2) is 14.3 Å². The van der Waals surface area contributed by atoms with Gasteiger partial charge in [0.2, 0.25) is 0 Å². The minimum atomic E-state index is -0.402. The molecule has 128 valence electrons. The maximum atomic E-state index is 12.0. The van der Waals surface area contributed by atoms with E-state index in [-0.39, 0.29) is 12.3 Å². The van der Waals surface area contributed by atoms with Gasteiger partial charge in [-0.2, -0.15) is 4.98 Å². The SMILES string of the molecule is CC(=O)c1cccc(NC(=O)NCc2nc3nc(C)cc(C)n3n2)c1. The van der Waals surface area contributed by atoms with Gasteiger partial charge in [-0.3, -0.25) is 4.79 Å². The number of urea groups is 1. The van der Waals surface area contributed by atoms with Crippen LogP contribution in [-0.2, 0) is 6.54 Å². The Hall–Kier alpha value is -3.29. The van der Waals surface area contributed by atoms with Crippen molar-refractivity contribution in [2.24, 2.45) is 0 Å². The number of carbonyl (C=O) groups excluding carboxylic acids is 2. The number of amides is 2. The first-order valence-electron chi connectivity index (χ1n) is 7.78.